The van der Waals surface area contributed by atoms with Crippen molar-refractivity contribution in [1.29, 1.82) is 0 Å². The smallest absolute Gasteiger partial charge is 0.325 e. The molecule has 1 heterocycles. The number of rotatable bonds is 17. The molecule has 42 heavy (non-hydrogen) atoms. The lowest BCUT2D eigenvalue weighted by molar-refractivity contribution is -0.146. The maximum Gasteiger partial charge on any atom is 0.325 e. The van der Waals surface area contributed by atoms with E-state index in [0.717, 1.165) is 12.8 Å². The number of amides is 4. The molecular weight excluding hydrogens is 546 g/mol. The average Bonchev–Trinajstić information content (AvgIpc) is 3.47. The molecule has 4 amide bonds. The second-order valence-electron chi connectivity index (χ2n) is 11.5. The number of esters is 1. The molecule has 3 N–H and O–H groups in total. The highest BCUT2D eigenvalue weighted by Crippen LogP contribution is 2.29. The van der Waals surface area contributed by atoms with Crippen molar-refractivity contribution in [3.8, 4) is 0 Å². The van der Waals surface area contributed by atoms with Crippen LogP contribution in [0.1, 0.15) is 60.3 Å². The van der Waals surface area contributed by atoms with Gasteiger partial charge in [0.1, 0.15) is 6.54 Å². The Hall–Kier alpha value is -2.77. The van der Waals surface area contributed by atoms with E-state index in [-0.39, 0.29) is 55.1 Å². The van der Waals surface area contributed by atoms with Crippen LogP contribution in [0.15, 0.2) is 0 Å². The first-order chi connectivity index (χ1) is 19.7. The summed E-state index contributed by atoms with van der Waals surface area (Å²) in [6.45, 7) is 9.23. The first-order valence-corrected chi connectivity index (χ1v) is 14.6. The van der Waals surface area contributed by atoms with Crippen LogP contribution >= 0.6 is 0 Å². The summed E-state index contributed by atoms with van der Waals surface area (Å²) >= 11 is 0. The van der Waals surface area contributed by atoms with Crippen LogP contribution in [-0.2, 0) is 38.2 Å². The Labute approximate surface area is 250 Å². The zero-order chi connectivity index (χ0) is 32.2. The van der Waals surface area contributed by atoms with Gasteiger partial charge >= 0.3 is 5.97 Å². The predicted molar refractivity (Wildman–Crippen MR) is 157 cm³/mol. The van der Waals surface area contributed by atoms with Gasteiger partial charge in [0.25, 0.3) is 0 Å². The maximum atomic E-state index is 13.7. The minimum Gasteiger partial charge on any atom is -0.468 e. The molecule has 0 unspecified atom stereocenters. The number of likely N-dealkylation sites (N-methyl/N-ethyl adjacent to an activating group) is 2. The minimum absolute atomic E-state index is 0.000721. The Morgan fingerprint density at radius 2 is 1.67 bits per heavy atom. The number of hydrogen-bond donors (Lipinski definition) is 3. The van der Waals surface area contributed by atoms with Crippen molar-refractivity contribution < 1.29 is 38.2 Å². The summed E-state index contributed by atoms with van der Waals surface area (Å²) in [5.41, 5.74) is -0.831. The first kappa shape index (κ1) is 37.3. The SMILES string of the molecule is CC[C@H](C)[C@@H]([C@@H](CC(=O)N1CCC[C@H]1[C@H](OC)[C@@H](C)C(=O)NCC(=O)OC)OC)N(C)C(=O)CNC(=O)C(C)(C)NC. The van der Waals surface area contributed by atoms with Gasteiger partial charge in [0.2, 0.25) is 23.6 Å². The van der Waals surface area contributed by atoms with Crippen molar-refractivity contribution >= 4 is 29.6 Å². The third-order valence-corrected chi connectivity index (χ3v) is 8.53. The van der Waals surface area contributed by atoms with Gasteiger partial charge in [-0.15, -0.1) is 0 Å². The molecule has 13 nitrogen and oxygen atoms in total. The van der Waals surface area contributed by atoms with Gasteiger partial charge in [-0.25, -0.2) is 0 Å². The van der Waals surface area contributed by atoms with Crippen molar-refractivity contribution in [2.24, 2.45) is 11.8 Å². The fraction of sp³-hybridized carbons (Fsp3) is 0.828. The second kappa shape index (κ2) is 17.4. The molecule has 0 aromatic rings. The van der Waals surface area contributed by atoms with E-state index in [0.29, 0.717) is 13.0 Å². The van der Waals surface area contributed by atoms with Crippen LogP contribution in [-0.4, -0.2) is 124 Å². The van der Waals surface area contributed by atoms with E-state index in [2.05, 4.69) is 20.7 Å². The molecule has 6 atom stereocenters. The lowest BCUT2D eigenvalue weighted by Gasteiger charge is -2.39. The highest BCUT2D eigenvalue weighted by Gasteiger charge is 2.42. The molecular formula is C29H53N5O8. The van der Waals surface area contributed by atoms with Gasteiger partial charge in [-0.2, -0.15) is 0 Å². The van der Waals surface area contributed by atoms with E-state index in [1.165, 1.54) is 21.3 Å². The van der Waals surface area contributed by atoms with E-state index in [4.69, 9.17) is 9.47 Å². The van der Waals surface area contributed by atoms with Gasteiger partial charge in [-0.3, -0.25) is 24.0 Å². The van der Waals surface area contributed by atoms with E-state index in [1.807, 2.05) is 13.8 Å². The Morgan fingerprint density at radius 1 is 1.02 bits per heavy atom. The van der Waals surface area contributed by atoms with Gasteiger partial charge in [0.05, 0.1) is 55.8 Å². The third kappa shape index (κ3) is 9.91. The lowest BCUT2D eigenvalue weighted by atomic mass is 9.90. The van der Waals surface area contributed by atoms with Crippen molar-refractivity contribution in [2.75, 3.05) is 55.1 Å². The van der Waals surface area contributed by atoms with Crippen molar-refractivity contribution in [2.45, 2.75) is 90.1 Å². The van der Waals surface area contributed by atoms with Crippen LogP contribution in [0, 0.1) is 11.8 Å². The van der Waals surface area contributed by atoms with Crippen LogP contribution in [0.5, 0.6) is 0 Å². The fourth-order valence-electron chi connectivity index (χ4n) is 5.33. The summed E-state index contributed by atoms with van der Waals surface area (Å²) in [4.78, 5) is 66.9. The number of hydrogen-bond acceptors (Lipinski definition) is 9. The molecule has 242 valence electrons. The van der Waals surface area contributed by atoms with Crippen LogP contribution in [0.4, 0.5) is 0 Å². The summed E-state index contributed by atoms with van der Waals surface area (Å²) < 4.78 is 16.1. The second-order valence-corrected chi connectivity index (χ2v) is 11.5. The molecule has 0 aliphatic carbocycles. The summed E-state index contributed by atoms with van der Waals surface area (Å²) in [6.07, 6.45) is 0.986. The molecule has 1 fully saturated rings. The normalized spacial score (nSPS) is 18.8. The molecule has 0 bridgehead atoms. The van der Waals surface area contributed by atoms with E-state index >= 15 is 0 Å². The summed E-state index contributed by atoms with van der Waals surface area (Å²) in [6, 6.07) is -0.765. The van der Waals surface area contributed by atoms with Gasteiger partial charge in [-0.05, 0) is 39.7 Å². The Morgan fingerprint density at radius 3 is 2.19 bits per heavy atom. The molecule has 1 rings (SSSR count). The Balaban J connectivity index is 3.05. The molecule has 0 radical (unpaired) electrons. The van der Waals surface area contributed by atoms with Gasteiger partial charge in [0.15, 0.2) is 0 Å². The lowest BCUT2D eigenvalue weighted by Crippen LogP contribution is -2.56. The van der Waals surface area contributed by atoms with Crippen LogP contribution < -0.4 is 16.0 Å². The topological polar surface area (TPSA) is 156 Å². The highest BCUT2D eigenvalue weighted by molar-refractivity contribution is 5.89. The quantitative estimate of drug-likeness (QED) is 0.200. The van der Waals surface area contributed by atoms with E-state index < -0.39 is 35.7 Å². The summed E-state index contributed by atoms with van der Waals surface area (Å²) in [5, 5.41) is 8.16. The number of ether oxygens (including phenoxy) is 3. The molecule has 13 heteroatoms. The van der Waals surface area contributed by atoms with Gasteiger partial charge in [0, 0.05) is 27.8 Å². The maximum absolute atomic E-state index is 13.7. The number of carbonyl (C=O) groups excluding carboxylic acids is 5. The number of nitrogens with one attached hydrogen (secondary N) is 3. The number of methoxy groups -OCH3 is 3. The molecule has 1 aliphatic heterocycles. The Kier molecular flexibility index (Phi) is 15.4. The predicted octanol–water partition coefficient (Wildman–Crippen LogP) is 0.310. The van der Waals surface area contributed by atoms with Gasteiger partial charge < -0.3 is 40.0 Å². The van der Waals surface area contributed by atoms with E-state index in [9.17, 15) is 24.0 Å². The number of likely N-dealkylation sites (tertiary alicyclic amines) is 1. The van der Waals surface area contributed by atoms with Crippen LogP contribution in [0.2, 0.25) is 0 Å². The Bertz CT molecular complexity index is 930. The molecule has 0 aromatic heterocycles. The standard InChI is InChI=1S/C29H53N5O8/c1-11-18(2)25(33(7)23(36)16-32-28(39)29(4,5)30-6)21(40-8)15-22(35)34-14-12-13-20(34)26(42-10)19(3)27(38)31-17-24(37)41-9/h18-21,25-26,30H,11-17H2,1-10H3,(H,31,38)(H,32,39)/t18-,19+,20-,21+,25-,26+/m0/s1. The molecule has 0 aromatic carbocycles. The van der Waals surface area contributed by atoms with E-state index in [1.54, 1.807) is 44.7 Å². The monoisotopic (exact) mass is 599 g/mol. The average molecular weight is 600 g/mol. The number of nitrogens with zero attached hydrogens (tertiary/aromatic N) is 2. The zero-order valence-corrected chi connectivity index (χ0v) is 27.1. The largest absolute Gasteiger partial charge is 0.468 e. The molecule has 1 saturated heterocycles. The first-order valence-electron chi connectivity index (χ1n) is 14.6. The van der Waals surface area contributed by atoms with Gasteiger partial charge in [-0.1, -0.05) is 27.2 Å². The third-order valence-electron chi connectivity index (χ3n) is 8.53. The van der Waals surface area contributed by atoms with Crippen molar-refractivity contribution in [1.82, 2.24) is 25.8 Å². The fourth-order valence-corrected chi connectivity index (χ4v) is 5.33. The highest BCUT2D eigenvalue weighted by atomic mass is 16.5. The summed E-state index contributed by atoms with van der Waals surface area (Å²) in [7, 11) is 7.61. The summed E-state index contributed by atoms with van der Waals surface area (Å²) in [5.74, 6) is -2.31. The van der Waals surface area contributed by atoms with Crippen LogP contribution in [0.3, 0.4) is 0 Å². The minimum atomic E-state index is -0.831. The van der Waals surface area contributed by atoms with Crippen LogP contribution in [0.25, 0.3) is 0 Å². The molecule has 1 aliphatic rings. The molecule has 0 spiro atoms. The zero-order valence-electron chi connectivity index (χ0n) is 27.1. The molecule has 0 saturated carbocycles. The van der Waals surface area contributed by atoms with Crippen molar-refractivity contribution in [3.63, 3.8) is 0 Å². The number of carbonyl (C=O) groups is 5. The van der Waals surface area contributed by atoms with Crippen molar-refractivity contribution in [3.05, 3.63) is 0 Å².